The minimum Gasteiger partial charge on any atom is -0.355 e. The predicted octanol–water partition coefficient (Wildman–Crippen LogP) is 0.596. The smallest absolute Gasteiger partial charge is 0.239 e. The van der Waals surface area contributed by atoms with Crippen molar-refractivity contribution >= 4 is 5.91 Å². The molecule has 5 heteroatoms. The van der Waals surface area contributed by atoms with E-state index in [4.69, 9.17) is 9.47 Å². The largest absolute Gasteiger partial charge is 0.355 e. The van der Waals surface area contributed by atoms with Crippen LogP contribution in [0.4, 0.5) is 0 Å². The number of likely N-dealkylation sites (tertiary alicyclic amines) is 1. The van der Waals surface area contributed by atoms with E-state index in [1.54, 1.807) is 14.2 Å². The maximum atomic E-state index is 12.1. The van der Waals surface area contributed by atoms with E-state index in [0.717, 1.165) is 25.9 Å². The van der Waals surface area contributed by atoms with Crippen LogP contribution in [-0.4, -0.2) is 57.0 Å². The summed E-state index contributed by atoms with van der Waals surface area (Å²) in [5, 5.41) is 3.14. The Morgan fingerprint density at radius 3 is 2.35 bits per heavy atom. The Bertz CT molecular complexity index is 226. The van der Waals surface area contributed by atoms with E-state index in [9.17, 15) is 4.79 Å². The lowest BCUT2D eigenvalue weighted by Gasteiger charge is -2.30. The summed E-state index contributed by atoms with van der Waals surface area (Å²) in [6.45, 7) is 4.19. The molecule has 0 bridgehead atoms. The van der Waals surface area contributed by atoms with Crippen LogP contribution in [0, 0.1) is 0 Å². The van der Waals surface area contributed by atoms with Crippen molar-refractivity contribution in [3.8, 4) is 0 Å². The van der Waals surface area contributed by atoms with E-state index in [-0.39, 0.29) is 18.2 Å². The van der Waals surface area contributed by atoms with Gasteiger partial charge in [0.05, 0.1) is 6.04 Å². The summed E-state index contributed by atoms with van der Waals surface area (Å²) >= 11 is 0. The van der Waals surface area contributed by atoms with E-state index in [0.29, 0.717) is 6.54 Å². The Labute approximate surface area is 103 Å². The third-order valence-electron chi connectivity index (χ3n) is 3.15. The fourth-order valence-corrected chi connectivity index (χ4v) is 2.01. The highest BCUT2D eigenvalue weighted by Gasteiger charge is 2.22. The Morgan fingerprint density at radius 1 is 1.24 bits per heavy atom. The zero-order valence-corrected chi connectivity index (χ0v) is 11.1. The lowest BCUT2D eigenvalue weighted by atomic mass is 10.1. The quantitative estimate of drug-likeness (QED) is 0.695. The highest BCUT2D eigenvalue weighted by molar-refractivity contribution is 5.81. The molecule has 100 valence electrons. The SMILES string of the molecule is COC(CNC(C)C(=O)N1CCCCC1)OC. The number of hydrogen-bond donors (Lipinski definition) is 1. The van der Waals surface area contributed by atoms with E-state index >= 15 is 0 Å². The molecule has 1 atom stereocenters. The number of carbonyl (C=O) groups excluding carboxylic acids is 1. The summed E-state index contributed by atoms with van der Waals surface area (Å²) in [6.07, 6.45) is 3.18. The zero-order chi connectivity index (χ0) is 12.7. The monoisotopic (exact) mass is 244 g/mol. The van der Waals surface area contributed by atoms with Crippen LogP contribution in [-0.2, 0) is 14.3 Å². The molecule has 1 aliphatic rings. The van der Waals surface area contributed by atoms with Crippen molar-refractivity contribution in [2.45, 2.75) is 38.5 Å². The number of piperidine rings is 1. The van der Waals surface area contributed by atoms with Crippen molar-refractivity contribution in [2.75, 3.05) is 33.9 Å². The summed E-state index contributed by atoms with van der Waals surface area (Å²) in [4.78, 5) is 14.0. The summed E-state index contributed by atoms with van der Waals surface area (Å²) in [7, 11) is 3.18. The fraction of sp³-hybridized carbons (Fsp3) is 0.917. The van der Waals surface area contributed by atoms with E-state index in [1.807, 2.05) is 11.8 Å². The molecule has 0 saturated carbocycles. The maximum Gasteiger partial charge on any atom is 0.239 e. The van der Waals surface area contributed by atoms with Gasteiger partial charge in [0, 0.05) is 33.9 Å². The highest BCUT2D eigenvalue weighted by atomic mass is 16.7. The van der Waals surface area contributed by atoms with Gasteiger partial charge in [-0.15, -0.1) is 0 Å². The Hall–Kier alpha value is -0.650. The second kappa shape index (κ2) is 7.63. The Morgan fingerprint density at radius 2 is 1.82 bits per heavy atom. The molecular weight excluding hydrogens is 220 g/mol. The summed E-state index contributed by atoms with van der Waals surface area (Å²) in [5.74, 6) is 0.177. The van der Waals surface area contributed by atoms with Gasteiger partial charge in [-0.25, -0.2) is 0 Å². The summed E-state index contributed by atoms with van der Waals surface area (Å²) in [5.41, 5.74) is 0. The number of amides is 1. The maximum absolute atomic E-state index is 12.1. The molecule has 1 saturated heterocycles. The van der Waals surface area contributed by atoms with E-state index in [1.165, 1.54) is 6.42 Å². The molecule has 1 rings (SSSR count). The fourth-order valence-electron chi connectivity index (χ4n) is 2.01. The molecule has 0 aromatic carbocycles. The van der Waals surface area contributed by atoms with Crippen molar-refractivity contribution in [3.05, 3.63) is 0 Å². The van der Waals surface area contributed by atoms with Gasteiger partial charge in [0.1, 0.15) is 0 Å². The summed E-state index contributed by atoms with van der Waals surface area (Å²) in [6, 6.07) is -0.180. The molecule has 17 heavy (non-hydrogen) atoms. The van der Waals surface area contributed by atoms with Crippen LogP contribution < -0.4 is 5.32 Å². The van der Waals surface area contributed by atoms with Gasteiger partial charge >= 0.3 is 0 Å². The molecule has 0 radical (unpaired) electrons. The van der Waals surface area contributed by atoms with E-state index < -0.39 is 0 Å². The number of methoxy groups -OCH3 is 2. The van der Waals surface area contributed by atoms with Gasteiger partial charge in [-0.05, 0) is 26.2 Å². The highest BCUT2D eigenvalue weighted by Crippen LogP contribution is 2.09. The first-order chi connectivity index (χ1) is 8.19. The lowest BCUT2D eigenvalue weighted by Crippen LogP contribution is -2.48. The molecule has 1 fully saturated rings. The first-order valence-electron chi connectivity index (χ1n) is 6.26. The van der Waals surface area contributed by atoms with Crippen molar-refractivity contribution in [3.63, 3.8) is 0 Å². The van der Waals surface area contributed by atoms with Crippen LogP contribution in [0.25, 0.3) is 0 Å². The summed E-state index contributed by atoms with van der Waals surface area (Å²) < 4.78 is 10.1. The number of hydrogen-bond acceptors (Lipinski definition) is 4. The van der Waals surface area contributed by atoms with Gasteiger partial charge in [-0.1, -0.05) is 0 Å². The molecule has 0 aliphatic carbocycles. The zero-order valence-electron chi connectivity index (χ0n) is 11.1. The first-order valence-corrected chi connectivity index (χ1v) is 6.26. The normalized spacial score (nSPS) is 18.5. The van der Waals surface area contributed by atoms with Gasteiger partial charge in [0.15, 0.2) is 6.29 Å². The average Bonchev–Trinajstić information content (AvgIpc) is 2.39. The van der Waals surface area contributed by atoms with Crippen LogP contribution in [0.1, 0.15) is 26.2 Å². The number of ether oxygens (including phenoxy) is 2. The van der Waals surface area contributed by atoms with Crippen molar-refractivity contribution in [1.82, 2.24) is 10.2 Å². The topological polar surface area (TPSA) is 50.8 Å². The van der Waals surface area contributed by atoms with Gasteiger partial charge in [0.25, 0.3) is 0 Å². The van der Waals surface area contributed by atoms with Crippen LogP contribution in [0.15, 0.2) is 0 Å². The van der Waals surface area contributed by atoms with Gasteiger partial charge in [0.2, 0.25) is 5.91 Å². The Kier molecular flexibility index (Phi) is 6.47. The number of carbonyl (C=O) groups is 1. The van der Waals surface area contributed by atoms with Crippen molar-refractivity contribution in [2.24, 2.45) is 0 Å². The van der Waals surface area contributed by atoms with Crippen molar-refractivity contribution in [1.29, 1.82) is 0 Å². The van der Waals surface area contributed by atoms with E-state index in [2.05, 4.69) is 5.32 Å². The van der Waals surface area contributed by atoms with Crippen LogP contribution in [0.3, 0.4) is 0 Å². The standard InChI is InChI=1S/C12H24N2O3/c1-10(13-9-11(16-2)17-3)12(15)14-7-5-4-6-8-14/h10-11,13H,4-9H2,1-3H3. The lowest BCUT2D eigenvalue weighted by molar-refractivity contribution is -0.135. The van der Waals surface area contributed by atoms with Crippen LogP contribution in [0.2, 0.25) is 0 Å². The second-order valence-electron chi connectivity index (χ2n) is 4.42. The Balaban J connectivity index is 2.30. The average molecular weight is 244 g/mol. The third-order valence-corrected chi connectivity index (χ3v) is 3.15. The molecule has 0 aromatic heterocycles. The predicted molar refractivity (Wildman–Crippen MR) is 65.7 cm³/mol. The van der Waals surface area contributed by atoms with Gasteiger partial charge in [-0.2, -0.15) is 0 Å². The molecule has 1 unspecified atom stereocenters. The van der Waals surface area contributed by atoms with Crippen LogP contribution >= 0.6 is 0 Å². The molecular formula is C12H24N2O3. The second-order valence-corrected chi connectivity index (χ2v) is 4.42. The van der Waals surface area contributed by atoms with Gasteiger partial charge < -0.3 is 19.7 Å². The molecule has 1 heterocycles. The first kappa shape index (κ1) is 14.4. The molecule has 0 aromatic rings. The number of rotatable bonds is 6. The third kappa shape index (κ3) is 4.61. The molecule has 0 spiro atoms. The molecule has 1 amide bonds. The molecule has 1 aliphatic heterocycles. The van der Waals surface area contributed by atoms with Gasteiger partial charge in [-0.3, -0.25) is 4.79 Å². The van der Waals surface area contributed by atoms with Crippen molar-refractivity contribution < 1.29 is 14.3 Å². The molecule has 5 nitrogen and oxygen atoms in total. The van der Waals surface area contributed by atoms with Crippen LogP contribution in [0.5, 0.6) is 0 Å². The molecule has 1 N–H and O–H groups in total. The minimum atomic E-state index is -0.299. The minimum absolute atomic E-state index is 0.177. The number of nitrogens with one attached hydrogen (secondary N) is 1. The number of nitrogens with zero attached hydrogens (tertiary/aromatic N) is 1.